The maximum absolute atomic E-state index is 13.1. The molecule has 15 heavy (non-hydrogen) atoms. The Bertz CT molecular complexity index is 350. The summed E-state index contributed by atoms with van der Waals surface area (Å²) in [4.78, 5) is 0. The van der Waals surface area contributed by atoms with Crippen LogP contribution in [0.15, 0.2) is 24.3 Å². The average molecular weight is 323 g/mol. The molecule has 2 N–H and O–H groups in total. The fourth-order valence-electron chi connectivity index (χ4n) is 1.67. The van der Waals surface area contributed by atoms with E-state index in [0.717, 1.165) is 17.4 Å². The molecule has 0 radical (unpaired) electrons. The summed E-state index contributed by atoms with van der Waals surface area (Å²) in [6.07, 6.45) is 1.14. The molecule has 0 amide bonds. The van der Waals surface area contributed by atoms with Gasteiger partial charge in [0.1, 0.15) is 0 Å². The van der Waals surface area contributed by atoms with Crippen LogP contribution in [-0.2, 0) is 3.61 Å². The van der Waals surface area contributed by atoms with Gasteiger partial charge in [-0.3, -0.25) is 0 Å². The molecule has 1 saturated heterocycles. The van der Waals surface area contributed by atoms with E-state index in [0.29, 0.717) is 5.56 Å². The van der Waals surface area contributed by atoms with Crippen molar-refractivity contribution in [1.29, 1.82) is 0 Å². The van der Waals surface area contributed by atoms with E-state index in [1.807, 2.05) is 6.92 Å². The third kappa shape index (κ3) is 2.32. The number of hydrogen-bond acceptors (Lipinski definition) is 2. The average Bonchev–Trinajstić information content (AvgIpc) is 2.71. The molecule has 1 aliphatic heterocycles. The first-order valence-electron chi connectivity index (χ1n) is 4.98. The van der Waals surface area contributed by atoms with Crippen LogP contribution in [0.1, 0.15) is 18.9 Å². The van der Waals surface area contributed by atoms with Gasteiger partial charge in [-0.2, -0.15) is 0 Å². The molecule has 1 atom stereocenters. The second kappa shape index (κ2) is 4.35. The zero-order valence-corrected chi connectivity index (χ0v) is 10.8. The first kappa shape index (κ1) is 11.3. The van der Waals surface area contributed by atoms with Crippen molar-refractivity contribution in [3.05, 3.63) is 35.6 Å². The molecule has 84 valence electrons. The van der Waals surface area contributed by atoms with Crippen molar-refractivity contribution >= 4 is 20.1 Å². The Morgan fingerprint density at radius 2 is 2.33 bits per heavy atom. The minimum absolute atomic E-state index is 0.275. The number of alkyl halides is 2. The van der Waals surface area contributed by atoms with Gasteiger partial charge >= 0.3 is 96.7 Å². The Labute approximate surface area is 96.6 Å². The fourth-order valence-corrected chi connectivity index (χ4v) is 7.10. The van der Waals surface area contributed by atoms with E-state index in [1.54, 1.807) is 12.1 Å². The van der Waals surface area contributed by atoms with Gasteiger partial charge in [0.2, 0.25) is 0 Å². The number of rotatable bonds is 2. The topological polar surface area (TPSA) is 32.3 Å². The number of benzene rings is 1. The molecule has 1 fully saturated rings. The third-order valence-corrected chi connectivity index (χ3v) is 9.01. The Balaban J connectivity index is 2.27. The summed E-state index contributed by atoms with van der Waals surface area (Å²) in [7, 11) is 0. The molecule has 0 bridgehead atoms. The first-order chi connectivity index (χ1) is 7.10. The Hall–Kier alpha value is -0.200. The Morgan fingerprint density at radius 1 is 1.53 bits per heavy atom. The summed E-state index contributed by atoms with van der Waals surface area (Å²) in [6, 6.07) is 6.31. The number of aliphatic hydroxyl groups is 1. The van der Waals surface area contributed by atoms with Crippen molar-refractivity contribution in [2.24, 2.45) is 0 Å². The van der Waals surface area contributed by atoms with Crippen LogP contribution in [0.4, 0.5) is 4.39 Å². The summed E-state index contributed by atoms with van der Waals surface area (Å²) < 4.78 is 16.7. The van der Waals surface area contributed by atoms with E-state index in [4.69, 9.17) is 0 Å². The van der Waals surface area contributed by atoms with Crippen LogP contribution in [0.5, 0.6) is 0 Å². The molecule has 1 heterocycles. The van der Waals surface area contributed by atoms with Crippen LogP contribution in [0, 0.1) is 5.82 Å². The van der Waals surface area contributed by atoms with Crippen LogP contribution >= 0.6 is 20.1 Å². The normalized spacial score (nSPS) is 22.7. The molecular formula is C11H15FINO. The molecule has 2 rings (SSSR count). The SMILES string of the molecule is C[C@@](O)(c1cccc(F)c1)I1CCCN1. The van der Waals surface area contributed by atoms with Gasteiger partial charge in [0.15, 0.2) is 0 Å². The molecule has 0 spiro atoms. The zero-order valence-electron chi connectivity index (χ0n) is 8.63. The molecule has 4 heteroatoms. The van der Waals surface area contributed by atoms with Gasteiger partial charge in [-0.05, 0) is 0 Å². The monoisotopic (exact) mass is 323 g/mol. The first-order valence-corrected chi connectivity index (χ1v) is 8.67. The molecule has 1 aromatic rings. The van der Waals surface area contributed by atoms with Crippen molar-refractivity contribution in [1.82, 2.24) is 3.53 Å². The molecule has 0 saturated carbocycles. The van der Waals surface area contributed by atoms with E-state index in [9.17, 15) is 9.50 Å². The van der Waals surface area contributed by atoms with Gasteiger partial charge < -0.3 is 0 Å². The Kier molecular flexibility index (Phi) is 3.27. The van der Waals surface area contributed by atoms with Gasteiger partial charge in [0.05, 0.1) is 0 Å². The summed E-state index contributed by atoms with van der Waals surface area (Å²) in [5.41, 5.74) is 0.710. The van der Waals surface area contributed by atoms with Gasteiger partial charge in [-0.1, -0.05) is 0 Å². The van der Waals surface area contributed by atoms with Crippen LogP contribution in [0.25, 0.3) is 0 Å². The molecule has 2 nitrogen and oxygen atoms in total. The second-order valence-corrected chi connectivity index (χ2v) is 9.76. The predicted molar refractivity (Wildman–Crippen MR) is 67.5 cm³/mol. The summed E-state index contributed by atoms with van der Waals surface area (Å²) in [5.74, 6) is -0.275. The van der Waals surface area contributed by atoms with Crippen LogP contribution in [0.2, 0.25) is 0 Å². The van der Waals surface area contributed by atoms with Crippen LogP contribution < -0.4 is 3.53 Å². The van der Waals surface area contributed by atoms with Crippen molar-refractivity contribution in [2.75, 3.05) is 11.0 Å². The molecule has 0 unspecified atom stereocenters. The van der Waals surface area contributed by atoms with E-state index in [2.05, 4.69) is 3.53 Å². The molecule has 0 aliphatic carbocycles. The minimum atomic E-state index is -1.58. The zero-order chi connectivity index (χ0) is 10.9. The quantitative estimate of drug-likeness (QED) is 0.498. The maximum atomic E-state index is 13.1. The van der Waals surface area contributed by atoms with E-state index in [1.165, 1.54) is 12.1 Å². The van der Waals surface area contributed by atoms with Crippen molar-refractivity contribution in [3.8, 4) is 0 Å². The molecule has 0 aromatic heterocycles. The summed E-state index contributed by atoms with van der Waals surface area (Å²) >= 11 is -1.58. The molecule has 1 aromatic carbocycles. The van der Waals surface area contributed by atoms with Crippen LogP contribution in [-0.4, -0.2) is 16.1 Å². The van der Waals surface area contributed by atoms with E-state index in [-0.39, 0.29) is 5.82 Å². The van der Waals surface area contributed by atoms with Crippen molar-refractivity contribution in [3.63, 3.8) is 0 Å². The predicted octanol–water partition coefficient (Wildman–Crippen LogP) is 2.41. The molecular weight excluding hydrogens is 308 g/mol. The van der Waals surface area contributed by atoms with E-state index < -0.39 is 23.7 Å². The van der Waals surface area contributed by atoms with Crippen molar-refractivity contribution in [2.45, 2.75) is 17.0 Å². The van der Waals surface area contributed by atoms with Crippen LogP contribution in [0.3, 0.4) is 0 Å². The summed E-state index contributed by atoms with van der Waals surface area (Å²) in [5, 5.41) is 10.5. The number of halogens is 2. The van der Waals surface area contributed by atoms with Gasteiger partial charge in [-0.15, -0.1) is 0 Å². The number of hydrogen-bond donors (Lipinski definition) is 2. The van der Waals surface area contributed by atoms with Crippen molar-refractivity contribution < 1.29 is 9.50 Å². The Morgan fingerprint density at radius 3 is 2.93 bits per heavy atom. The third-order valence-electron chi connectivity index (χ3n) is 2.55. The van der Waals surface area contributed by atoms with Gasteiger partial charge in [0.25, 0.3) is 0 Å². The van der Waals surface area contributed by atoms with Gasteiger partial charge in [0, 0.05) is 0 Å². The fraction of sp³-hybridized carbons (Fsp3) is 0.455. The standard InChI is InChI=1S/C11H15FINO/c1-11(15,13-6-3-7-14-13)9-4-2-5-10(12)8-9/h2,4-5,8,14-15H,3,6-7H2,1H3/t11-/m1/s1. The van der Waals surface area contributed by atoms with E-state index >= 15 is 0 Å². The summed E-state index contributed by atoms with van der Waals surface area (Å²) in [6.45, 7) is 2.81. The number of nitrogens with one attached hydrogen (secondary N) is 1. The second-order valence-electron chi connectivity index (χ2n) is 3.75. The van der Waals surface area contributed by atoms with Gasteiger partial charge in [-0.25, -0.2) is 0 Å². The molecule has 1 aliphatic rings.